The van der Waals surface area contributed by atoms with Crippen molar-refractivity contribution >= 4 is 34.8 Å². The first-order valence-corrected chi connectivity index (χ1v) is 8.76. The van der Waals surface area contributed by atoms with Crippen molar-refractivity contribution < 1.29 is 4.79 Å². The van der Waals surface area contributed by atoms with E-state index < -0.39 is 0 Å². The van der Waals surface area contributed by atoms with Crippen LogP contribution in [0.25, 0.3) is 11.1 Å². The summed E-state index contributed by atoms with van der Waals surface area (Å²) in [4.78, 5) is 12.2. The third kappa shape index (κ3) is 4.31. The van der Waals surface area contributed by atoms with E-state index in [1.807, 2.05) is 49.4 Å². The van der Waals surface area contributed by atoms with E-state index in [9.17, 15) is 4.79 Å². The van der Waals surface area contributed by atoms with Gasteiger partial charge in [-0.05, 0) is 41.8 Å². The maximum Gasteiger partial charge on any atom is 0.272 e. The Hall–Kier alpha value is -2.62. The lowest BCUT2D eigenvalue weighted by molar-refractivity contribution is 0.0955. The van der Waals surface area contributed by atoms with Crippen molar-refractivity contribution in [1.29, 1.82) is 0 Å². The van der Waals surface area contributed by atoms with Crippen LogP contribution in [0.5, 0.6) is 0 Å². The van der Waals surface area contributed by atoms with Gasteiger partial charge in [-0.1, -0.05) is 77.8 Å². The third-order valence-corrected chi connectivity index (χ3v) is 4.46. The molecule has 0 aromatic heterocycles. The number of nitrogens with zero attached hydrogens (tertiary/aromatic N) is 1. The van der Waals surface area contributed by atoms with Crippen LogP contribution in [0, 0.1) is 0 Å². The Kier molecular flexibility index (Phi) is 5.71. The molecule has 0 atom stereocenters. The minimum absolute atomic E-state index is 0.287. The van der Waals surface area contributed by atoms with E-state index in [4.69, 9.17) is 23.2 Å². The quantitative estimate of drug-likeness (QED) is 0.448. The molecule has 1 amide bonds. The first kappa shape index (κ1) is 18.2. The van der Waals surface area contributed by atoms with Gasteiger partial charge in [0.25, 0.3) is 5.91 Å². The highest BCUT2D eigenvalue weighted by molar-refractivity contribution is 6.36. The number of nitrogens with one attached hydrogen (secondary N) is 1. The van der Waals surface area contributed by atoms with E-state index in [-0.39, 0.29) is 10.9 Å². The van der Waals surface area contributed by atoms with Gasteiger partial charge in [0.05, 0.1) is 16.3 Å². The van der Waals surface area contributed by atoms with Crippen LogP contribution in [-0.2, 0) is 0 Å². The lowest BCUT2D eigenvalue weighted by Gasteiger charge is -2.06. The van der Waals surface area contributed by atoms with Gasteiger partial charge in [0, 0.05) is 5.02 Å². The molecule has 0 saturated carbocycles. The van der Waals surface area contributed by atoms with Gasteiger partial charge in [-0.2, -0.15) is 5.10 Å². The van der Waals surface area contributed by atoms with Gasteiger partial charge in [0.1, 0.15) is 0 Å². The van der Waals surface area contributed by atoms with Crippen molar-refractivity contribution in [3.63, 3.8) is 0 Å². The average Bonchev–Trinajstić information content (AvgIpc) is 2.66. The first-order valence-electron chi connectivity index (χ1n) is 8.00. The SMILES string of the molecule is C/C(=N\NC(=O)c1ccc(Cl)cc1Cl)c1ccc(-c2ccccc2)cc1. The molecule has 0 aliphatic rings. The molecule has 0 spiro atoms. The van der Waals surface area contributed by atoms with Gasteiger partial charge in [-0.15, -0.1) is 0 Å². The number of halogens is 2. The maximum absolute atomic E-state index is 12.2. The second-order valence-electron chi connectivity index (χ2n) is 5.71. The molecule has 26 heavy (non-hydrogen) atoms. The van der Waals surface area contributed by atoms with E-state index in [0.717, 1.165) is 16.7 Å². The lowest BCUT2D eigenvalue weighted by atomic mass is 10.0. The highest BCUT2D eigenvalue weighted by atomic mass is 35.5. The Morgan fingerprint density at radius 2 is 1.54 bits per heavy atom. The van der Waals surface area contributed by atoms with Crippen LogP contribution in [0.2, 0.25) is 10.0 Å². The largest absolute Gasteiger partial charge is 0.272 e. The van der Waals surface area contributed by atoms with Crippen molar-refractivity contribution in [3.05, 3.63) is 94.0 Å². The zero-order chi connectivity index (χ0) is 18.5. The van der Waals surface area contributed by atoms with Gasteiger partial charge in [0.2, 0.25) is 0 Å². The minimum Gasteiger partial charge on any atom is -0.267 e. The van der Waals surface area contributed by atoms with Crippen LogP contribution in [0.3, 0.4) is 0 Å². The Bertz CT molecular complexity index is 952. The molecule has 1 N–H and O–H groups in total. The molecule has 130 valence electrons. The van der Waals surface area contributed by atoms with Gasteiger partial charge < -0.3 is 0 Å². The number of carbonyl (C=O) groups excluding carboxylic acids is 1. The molecule has 0 aliphatic heterocycles. The molecular weight excluding hydrogens is 367 g/mol. The number of hydrazone groups is 1. The summed E-state index contributed by atoms with van der Waals surface area (Å²) in [6.45, 7) is 1.83. The number of rotatable bonds is 4. The van der Waals surface area contributed by atoms with Crippen molar-refractivity contribution in [2.24, 2.45) is 5.10 Å². The molecule has 0 bridgehead atoms. The van der Waals surface area contributed by atoms with E-state index >= 15 is 0 Å². The Balaban J connectivity index is 1.72. The van der Waals surface area contributed by atoms with Crippen LogP contribution < -0.4 is 5.43 Å². The van der Waals surface area contributed by atoms with Gasteiger partial charge in [-0.3, -0.25) is 4.79 Å². The second kappa shape index (κ2) is 8.17. The van der Waals surface area contributed by atoms with Crippen LogP contribution in [0.4, 0.5) is 0 Å². The number of carbonyl (C=O) groups is 1. The maximum atomic E-state index is 12.2. The topological polar surface area (TPSA) is 41.5 Å². The van der Waals surface area contributed by atoms with E-state index in [0.29, 0.717) is 16.3 Å². The molecule has 0 fully saturated rings. The molecule has 0 heterocycles. The summed E-state index contributed by atoms with van der Waals surface area (Å²) in [5, 5.41) is 4.93. The highest BCUT2D eigenvalue weighted by Gasteiger charge is 2.10. The molecular formula is C21H16Cl2N2O. The normalized spacial score (nSPS) is 11.3. The Morgan fingerprint density at radius 3 is 2.19 bits per heavy atom. The number of hydrogen-bond donors (Lipinski definition) is 1. The summed E-state index contributed by atoms with van der Waals surface area (Å²) in [6.07, 6.45) is 0. The predicted molar refractivity (Wildman–Crippen MR) is 108 cm³/mol. The number of benzene rings is 3. The van der Waals surface area contributed by atoms with E-state index in [1.165, 1.54) is 6.07 Å². The molecule has 0 radical (unpaired) electrons. The molecule has 0 aliphatic carbocycles. The fourth-order valence-electron chi connectivity index (χ4n) is 2.47. The Morgan fingerprint density at radius 1 is 0.885 bits per heavy atom. The van der Waals surface area contributed by atoms with Crippen LogP contribution >= 0.6 is 23.2 Å². The van der Waals surface area contributed by atoms with Crippen molar-refractivity contribution in [2.45, 2.75) is 6.92 Å². The summed E-state index contributed by atoms with van der Waals surface area (Å²) >= 11 is 11.9. The predicted octanol–water partition coefficient (Wildman–Crippen LogP) is 5.81. The van der Waals surface area contributed by atoms with Gasteiger partial charge in [-0.25, -0.2) is 5.43 Å². The smallest absolute Gasteiger partial charge is 0.267 e. The molecule has 3 nitrogen and oxygen atoms in total. The van der Waals surface area contributed by atoms with Crippen molar-refractivity contribution in [3.8, 4) is 11.1 Å². The van der Waals surface area contributed by atoms with Gasteiger partial charge >= 0.3 is 0 Å². The molecule has 0 saturated heterocycles. The third-order valence-electron chi connectivity index (χ3n) is 3.91. The first-order chi connectivity index (χ1) is 12.5. The molecule has 3 aromatic carbocycles. The minimum atomic E-state index is -0.382. The highest BCUT2D eigenvalue weighted by Crippen LogP contribution is 2.21. The summed E-state index contributed by atoms with van der Waals surface area (Å²) in [5.41, 5.74) is 6.75. The van der Waals surface area contributed by atoms with Crippen LogP contribution in [-0.4, -0.2) is 11.6 Å². The monoisotopic (exact) mass is 382 g/mol. The zero-order valence-electron chi connectivity index (χ0n) is 14.0. The molecule has 3 aromatic rings. The standard InChI is InChI=1S/C21H16Cl2N2O/c1-14(24-25-21(26)19-12-11-18(22)13-20(19)23)15-7-9-17(10-8-15)16-5-3-2-4-6-16/h2-13H,1H3,(H,25,26)/b24-14+. The average molecular weight is 383 g/mol. The van der Waals surface area contributed by atoms with Crippen LogP contribution in [0.1, 0.15) is 22.8 Å². The summed E-state index contributed by atoms with van der Waals surface area (Å²) in [5.74, 6) is -0.382. The summed E-state index contributed by atoms with van der Waals surface area (Å²) in [6, 6.07) is 22.8. The number of amides is 1. The Labute approximate surface area is 162 Å². The second-order valence-corrected chi connectivity index (χ2v) is 6.55. The van der Waals surface area contributed by atoms with Crippen molar-refractivity contribution in [2.75, 3.05) is 0 Å². The zero-order valence-corrected chi connectivity index (χ0v) is 15.6. The van der Waals surface area contributed by atoms with E-state index in [2.05, 4.69) is 22.7 Å². The molecule has 5 heteroatoms. The summed E-state index contributed by atoms with van der Waals surface area (Å²) in [7, 11) is 0. The molecule has 0 unspecified atom stereocenters. The summed E-state index contributed by atoms with van der Waals surface area (Å²) < 4.78 is 0. The fourth-order valence-corrected chi connectivity index (χ4v) is 2.96. The van der Waals surface area contributed by atoms with Gasteiger partial charge in [0.15, 0.2) is 0 Å². The lowest BCUT2D eigenvalue weighted by Crippen LogP contribution is -2.19. The van der Waals surface area contributed by atoms with Crippen LogP contribution in [0.15, 0.2) is 77.9 Å². The molecule has 3 rings (SSSR count). The fraction of sp³-hybridized carbons (Fsp3) is 0.0476. The van der Waals surface area contributed by atoms with E-state index in [1.54, 1.807) is 12.1 Å². The number of hydrogen-bond acceptors (Lipinski definition) is 2. The van der Waals surface area contributed by atoms with Crippen molar-refractivity contribution in [1.82, 2.24) is 5.43 Å².